The first-order valence-corrected chi connectivity index (χ1v) is 9.78. The average Bonchev–Trinajstić information content (AvgIpc) is 3.47. The molecular weight excluding hydrogens is 440 g/mol. The molecule has 2 fully saturated rings. The number of ether oxygens (including phenoxy) is 2. The minimum absolute atomic E-state index is 0.121. The van der Waals surface area contributed by atoms with E-state index in [9.17, 15) is 4.79 Å². The largest absolute Gasteiger partial charge is 0.495 e. The summed E-state index contributed by atoms with van der Waals surface area (Å²) in [5.74, 6) is 1.87. The number of carboxylic acid groups (broad SMARTS) is 1. The molecule has 2 aliphatic rings. The zero-order valence-corrected chi connectivity index (χ0v) is 17.0. The number of anilines is 1. The monoisotopic (exact) mass is 456 g/mol. The first-order valence-electron chi connectivity index (χ1n) is 8.61. The SMILES string of the molecule is COc1cc2c(N3CCN(C(=O)O)CC3)nc(Cl)nc2c(OC2CC2)c1Br. The number of hydrogen-bond donors (Lipinski definition) is 1. The maximum atomic E-state index is 11.2. The molecule has 1 aliphatic heterocycles. The number of hydrogen-bond acceptors (Lipinski definition) is 6. The lowest BCUT2D eigenvalue weighted by molar-refractivity contribution is 0.142. The van der Waals surface area contributed by atoms with Crippen molar-refractivity contribution in [3.63, 3.8) is 0 Å². The van der Waals surface area contributed by atoms with Crippen LogP contribution in [0.2, 0.25) is 5.28 Å². The molecule has 0 unspecified atom stereocenters. The summed E-state index contributed by atoms with van der Waals surface area (Å²) in [6, 6.07) is 1.86. The van der Waals surface area contributed by atoms with Gasteiger partial charge in [0.25, 0.3) is 0 Å². The van der Waals surface area contributed by atoms with Gasteiger partial charge < -0.3 is 24.4 Å². The summed E-state index contributed by atoms with van der Waals surface area (Å²) in [5, 5.41) is 10.0. The Labute approximate surface area is 169 Å². The van der Waals surface area contributed by atoms with E-state index in [-0.39, 0.29) is 11.4 Å². The van der Waals surface area contributed by atoms with E-state index >= 15 is 0 Å². The van der Waals surface area contributed by atoms with Crippen molar-refractivity contribution < 1.29 is 19.4 Å². The number of halogens is 2. The summed E-state index contributed by atoms with van der Waals surface area (Å²) < 4.78 is 12.3. The van der Waals surface area contributed by atoms with Gasteiger partial charge in [0.2, 0.25) is 5.28 Å². The van der Waals surface area contributed by atoms with Gasteiger partial charge in [-0.2, -0.15) is 4.98 Å². The van der Waals surface area contributed by atoms with Crippen LogP contribution < -0.4 is 14.4 Å². The zero-order chi connectivity index (χ0) is 19.1. The molecule has 144 valence electrons. The Balaban J connectivity index is 1.80. The lowest BCUT2D eigenvalue weighted by Gasteiger charge is -2.34. The highest BCUT2D eigenvalue weighted by molar-refractivity contribution is 9.10. The molecule has 0 bridgehead atoms. The topological polar surface area (TPSA) is 88.0 Å². The first kappa shape index (κ1) is 18.4. The minimum atomic E-state index is -0.911. The van der Waals surface area contributed by atoms with Crippen LogP contribution in [0.1, 0.15) is 12.8 Å². The number of benzene rings is 1. The fourth-order valence-electron chi connectivity index (χ4n) is 3.11. The first-order chi connectivity index (χ1) is 13.0. The van der Waals surface area contributed by atoms with Crippen LogP contribution in [-0.2, 0) is 0 Å². The summed E-state index contributed by atoms with van der Waals surface area (Å²) >= 11 is 9.77. The summed E-state index contributed by atoms with van der Waals surface area (Å²) in [7, 11) is 1.59. The number of fused-ring (bicyclic) bond motifs is 1. The molecule has 1 N–H and O–H groups in total. The Morgan fingerprint density at radius 1 is 1.30 bits per heavy atom. The number of amides is 1. The van der Waals surface area contributed by atoms with Crippen LogP contribution >= 0.6 is 27.5 Å². The Hall–Kier alpha value is -2.00. The van der Waals surface area contributed by atoms with Crippen molar-refractivity contribution in [3.8, 4) is 11.5 Å². The Bertz CT molecular complexity index is 900. The van der Waals surface area contributed by atoms with E-state index in [2.05, 4.69) is 25.9 Å². The zero-order valence-electron chi connectivity index (χ0n) is 14.6. The predicted octanol–water partition coefficient (Wildman–Crippen LogP) is 3.40. The van der Waals surface area contributed by atoms with Gasteiger partial charge in [-0.05, 0) is 46.4 Å². The quantitative estimate of drug-likeness (QED) is 0.704. The van der Waals surface area contributed by atoms with Crippen LogP contribution in [0.5, 0.6) is 11.5 Å². The van der Waals surface area contributed by atoms with Crippen molar-refractivity contribution in [1.29, 1.82) is 0 Å². The molecule has 1 aromatic heterocycles. The molecule has 1 amide bonds. The van der Waals surface area contributed by atoms with Crippen LogP contribution in [0.15, 0.2) is 10.5 Å². The number of aromatic nitrogens is 2. The molecule has 4 rings (SSSR count). The smallest absolute Gasteiger partial charge is 0.407 e. The van der Waals surface area contributed by atoms with Gasteiger partial charge in [-0.25, -0.2) is 9.78 Å². The highest BCUT2D eigenvalue weighted by Gasteiger charge is 2.29. The number of methoxy groups -OCH3 is 1. The summed E-state index contributed by atoms with van der Waals surface area (Å²) in [4.78, 5) is 23.4. The third kappa shape index (κ3) is 3.58. The highest BCUT2D eigenvalue weighted by atomic mass is 79.9. The summed E-state index contributed by atoms with van der Waals surface area (Å²) in [6.07, 6.45) is 1.28. The fourth-order valence-corrected chi connectivity index (χ4v) is 3.83. The van der Waals surface area contributed by atoms with Crippen LogP contribution in [0.4, 0.5) is 10.6 Å². The lowest BCUT2D eigenvalue weighted by atomic mass is 10.1. The number of carbonyl (C=O) groups is 1. The second kappa shape index (κ2) is 7.20. The molecule has 1 saturated carbocycles. The van der Waals surface area contributed by atoms with E-state index in [0.29, 0.717) is 53.5 Å². The van der Waals surface area contributed by atoms with Crippen molar-refractivity contribution in [1.82, 2.24) is 14.9 Å². The third-order valence-corrected chi connectivity index (χ3v) is 5.60. The average molecular weight is 458 g/mol. The van der Waals surface area contributed by atoms with Crippen LogP contribution in [0, 0.1) is 0 Å². The van der Waals surface area contributed by atoms with Gasteiger partial charge >= 0.3 is 6.09 Å². The molecule has 0 atom stereocenters. The maximum Gasteiger partial charge on any atom is 0.407 e. The molecule has 10 heteroatoms. The molecule has 1 saturated heterocycles. The van der Waals surface area contributed by atoms with Crippen LogP contribution in [0.3, 0.4) is 0 Å². The van der Waals surface area contributed by atoms with Crippen molar-refractivity contribution in [2.24, 2.45) is 0 Å². The van der Waals surface area contributed by atoms with Gasteiger partial charge in [-0.1, -0.05) is 0 Å². The molecule has 1 aromatic carbocycles. The Morgan fingerprint density at radius 2 is 2.00 bits per heavy atom. The third-order valence-electron chi connectivity index (χ3n) is 4.68. The van der Waals surface area contributed by atoms with Gasteiger partial charge in [0.05, 0.1) is 18.6 Å². The molecular formula is C17H18BrClN4O4. The van der Waals surface area contributed by atoms with Gasteiger partial charge in [-0.15, -0.1) is 0 Å². The number of rotatable bonds is 4. The van der Waals surface area contributed by atoms with Crippen molar-refractivity contribution in [2.45, 2.75) is 18.9 Å². The van der Waals surface area contributed by atoms with E-state index in [0.717, 1.165) is 18.2 Å². The van der Waals surface area contributed by atoms with E-state index < -0.39 is 6.09 Å². The molecule has 1 aliphatic carbocycles. The molecule has 0 spiro atoms. The van der Waals surface area contributed by atoms with Gasteiger partial charge in [0.1, 0.15) is 21.6 Å². The lowest BCUT2D eigenvalue weighted by Crippen LogP contribution is -2.48. The van der Waals surface area contributed by atoms with Crippen molar-refractivity contribution in [2.75, 3.05) is 38.2 Å². The van der Waals surface area contributed by atoms with Crippen LogP contribution in [-0.4, -0.2) is 65.5 Å². The second-order valence-electron chi connectivity index (χ2n) is 6.51. The predicted molar refractivity (Wildman–Crippen MR) is 104 cm³/mol. The minimum Gasteiger partial charge on any atom is -0.495 e. The summed E-state index contributed by atoms with van der Waals surface area (Å²) in [6.45, 7) is 1.84. The van der Waals surface area contributed by atoms with E-state index in [1.165, 1.54) is 4.90 Å². The van der Waals surface area contributed by atoms with Gasteiger partial charge in [-0.3, -0.25) is 0 Å². The Morgan fingerprint density at radius 3 is 2.59 bits per heavy atom. The normalized spacial score (nSPS) is 17.3. The van der Waals surface area contributed by atoms with E-state index in [4.69, 9.17) is 26.2 Å². The standard InChI is InChI=1S/C17H18BrClN4O4/c1-26-11-8-10-13(14(12(11)18)27-9-2-3-9)20-16(19)21-15(10)22-4-6-23(7-5-22)17(24)25/h8-9H,2-7H2,1H3,(H,24,25). The van der Waals surface area contributed by atoms with Gasteiger partial charge in [0.15, 0.2) is 5.75 Å². The number of piperazine rings is 1. The fraction of sp³-hybridized carbons (Fsp3) is 0.471. The molecule has 2 aromatic rings. The Kier molecular flexibility index (Phi) is 4.90. The van der Waals surface area contributed by atoms with Crippen LogP contribution in [0.25, 0.3) is 10.9 Å². The highest BCUT2D eigenvalue weighted by Crippen LogP contribution is 2.45. The maximum absolute atomic E-state index is 11.2. The summed E-state index contributed by atoms with van der Waals surface area (Å²) in [5.41, 5.74) is 0.616. The molecule has 8 nitrogen and oxygen atoms in total. The van der Waals surface area contributed by atoms with Crippen molar-refractivity contribution >= 4 is 50.3 Å². The molecule has 27 heavy (non-hydrogen) atoms. The molecule has 0 radical (unpaired) electrons. The second-order valence-corrected chi connectivity index (χ2v) is 7.64. The molecule has 2 heterocycles. The van der Waals surface area contributed by atoms with Crippen molar-refractivity contribution in [3.05, 3.63) is 15.8 Å². The number of nitrogens with zero attached hydrogens (tertiary/aromatic N) is 4. The van der Waals surface area contributed by atoms with Gasteiger partial charge in [0, 0.05) is 26.2 Å². The van der Waals surface area contributed by atoms with E-state index in [1.54, 1.807) is 7.11 Å². The van der Waals surface area contributed by atoms with E-state index in [1.807, 2.05) is 11.0 Å².